The first-order chi connectivity index (χ1) is 10.0. The minimum absolute atomic E-state index is 0.196. The van der Waals surface area contributed by atoms with Crippen LogP contribution in [0.25, 0.3) is 16.9 Å². The van der Waals surface area contributed by atoms with E-state index in [4.69, 9.17) is 28.2 Å². The summed E-state index contributed by atoms with van der Waals surface area (Å²) in [5.74, 6) is 0.816. The van der Waals surface area contributed by atoms with Crippen molar-refractivity contribution in [2.75, 3.05) is 0 Å². The molecular formula is C15H16Cl2N4. The largest absolute Gasteiger partial charge is 0.280 e. The van der Waals surface area contributed by atoms with E-state index in [1.165, 1.54) is 0 Å². The van der Waals surface area contributed by atoms with Crippen LogP contribution in [0, 0.1) is 0 Å². The van der Waals surface area contributed by atoms with Crippen molar-refractivity contribution in [3.05, 3.63) is 40.8 Å². The Bertz CT molecular complexity index is 784. The van der Waals surface area contributed by atoms with E-state index in [1.807, 2.05) is 42.9 Å². The lowest BCUT2D eigenvalue weighted by atomic mass is 10.3. The summed E-state index contributed by atoms with van der Waals surface area (Å²) in [5, 5.41) is 5.04. The van der Waals surface area contributed by atoms with Gasteiger partial charge in [-0.2, -0.15) is 5.10 Å². The molecule has 0 bridgehead atoms. The third-order valence-corrected chi connectivity index (χ3v) is 3.95. The average Bonchev–Trinajstić information content (AvgIpc) is 2.98. The molecule has 1 atom stereocenters. The summed E-state index contributed by atoms with van der Waals surface area (Å²) in [4.78, 5) is 4.72. The number of nitrogens with zero attached hydrogens (tertiary/aromatic N) is 4. The Kier molecular flexibility index (Phi) is 3.68. The molecule has 2 aromatic heterocycles. The van der Waals surface area contributed by atoms with E-state index in [9.17, 15) is 0 Å². The van der Waals surface area contributed by atoms with Crippen LogP contribution in [-0.4, -0.2) is 19.3 Å². The van der Waals surface area contributed by atoms with E-state index in [0.29, 0.717) is 5.02 Å². The molecule has 21 heavy (non-hydrogen) atoms. The lowest BCUT2D eigenvalue weighted by Crippen LogP contribution is -2.06. The topological polar surface area (TPSA) is 35.6 Å². The molecule has 3 rings (SSSR count). The van der Waals surface area contributed by atoms with Crippen LogP contribution in [0.4, 0.5) is 0 Å². The fourth-order valence-corrected chi connectivity index (χ4v) is 2.82. The van der Waals surface area contributed by atoms with Crippen molar-refractivity contribution in [1.82, 2.24) is 19.3 Å². The minimum atomic E-state index is -0.196. The predicted octanol–water partition coefficient (Wildman–Crippen LogP) is 4.27. The second-order valence-corrected chi connectivity index (χ2v) is 6.08. The molecule has 1 unspecified atom stereocenters. The van der Waals surface area contributed by atoms with Gasteiger partial charge in [0, 0.05) is 17.8 Å². The molecule has 0 spiro atoms. The molecule has 0 amide bonds. The van der Waals surface area contributed by atoms with Gasteiger partial charge in [-0.05, 0) is 37.6 Å². The number of rotatable bonds is 3. The third kappa shape index (κ3) is 2.32. The molecule has 0 radical (unpaired) electrons. The summed E-state index contributed by atoms with van der Waals surface area (Å²) in [7, 11) is 1.93. The van der Waals surface area contributed by atoms with Crippen molar-refractivity contribution in [2.24, 2.45) is 7.05 Å². The van der Waals surface area contributed by atoms with Gasteiger partial charge in [0.1, 0.15) is 11.3 Å². The van der Waals surface area contributed by atoms with E-state index in [1.54, 1.807) is 0 Å². The second kappa shape index (κ2) is 5.35. The Morgan fingerprint density at radius 2 is 1.90 bits per heavy atom. The zero-order chi connectivity index (χ0) is 15.1. The van der Waals surface area contributed by atoms with Gasteiger partial charge in [-0.3, -0.25) is 4.57 Å². The Morgan fingerprint density at radius 3 is 2.48 bits per heavy atom. The normalized spacial score (nSPS) is 13.0. The summed E-state index contributed by atoms with van der Waals surface area (Å²) in [6.45, 7) is 4.00. The Labute approximate surface area is 133 Å². The lowest BCUT2D eigenvalue weighted by molar-refractivity contribution is 0.738. The first-order valence-corrected chi connectivity index (χ1v) is 7.68. The quantitative estimate of drug-likeness (QED) is 0.675. The standard InChI is InChI=1S/C15H16Cl2N4/c1-4-12-13-15(20(3)19-12)21(14(18-13)9(2)16)11-7-5-10(17)6-8-11/h5-9H,4H2,1-3H3. The van der Waals surface area contributed by atoms with Crippen LogP contribution >= 0.6 is 23.2 Å². The van der Waals surface area contributed by atoms with Gasteiger partial charge in [0.05, 0.1) is 11.1 Å². The van der Waals surface area contributed by atoms with Crippen molar-refractivity contribution in [3.63, 3.8) is 0 Å². The molecule has 0 N–H and O–H groups in total. The molecule has 0 fully saturated rings. The summed E-state index contributed by atoms with van der Waals surface area (Å²) in [6.07, 6.45) is 0.838. The maximum atomic E-state index is 6.33. The molecule has 110 valence electrons. The highest BCUT2D eigenvalue weighted by Crippen LogP contribution is 2.30. The van der Waals surface area contributed by atoms with E-state index < -0.39 is 0 Å². The summed E-state index contributed by atoms with van der Waals surface area (Å²) < 4.78 is 3.91. The first kappa shape index (κ1) is 14.4. The molecule has 2 heterocycles. The van der Waals surface area contributed by atoms with Crippen LogP contribution in [0.3, 0.4) is 0 Å². The average molecular weight is 323 g/mol. The Balaban J connectivity index is 2.35. The first-order valence-electron chi connectivity index (χ1n) is 6.87. The number of benzene rings is 1. The fourth-order valence-electron chi connectivity index (χ4n) is 2.55. The highest BCUT2D eigenvalue weighted by molar-refractivity contribution is 6.30. The molecule has 0 aliphatic carbocycles. The van der Waals surface area contributed by atoms with Crippen molar-refractivity contribution >= 4 is 34.4 Å². The molecule has 0 saturated carbocycles. The zero-order valence-corrected chi connectivity index (χ0v) is 13.7. The zero-order valence-electron chi connectivity index (χ0n) is 12.1. The monoisotopic (exact) mass is 322 g/mol. The van der Waals surface area contributed by atoms with Gasteiger partial charge in [0.2, 0.25) is 0 Å². The van der Waals surface area contributed by atoms with Crippen LogP contribution in [0.5, 0.6) is 0 Å². The predicted molar refractivity (Wildman–Crippen MR) is 86.5 cm³/mol. The molecule has 0 saturated heterocycles. The van der Waals surface area contributed by atoms with Gasteiger partial charge in [-0.15, -0.1) is 11.6 Å². The van der Waals surface area contributed by atoms with Crippen LogP contribution in [-0.2, 0) is 13.5 Å². The smallest absolute Gasteiger partial charge is 0.163 e. The molecule has 6 heteroatoms. The number of halogens is 2. The van der Waals surface area contributed by atoms with Crippen LogP contribution in [0.15, 0.2) is 24.3 Å². The van der Waals surface area contributed by atoms with E-state index in [2.05, 4.69) is 16.6 Å². The number of hydrogen-bond acceptors (Lipinski definition) is 2. The second-order valence-electron chi connectivity index (χ2n) is 4.99. The molecular weight excluding hydrogens is 307 g/mol. The summed E-state index contributed by atoms with van der Waals surface area (Å²) in [6, 6.07) is 7.65. The molecule has 3 aromatic rings. The highest BCUT2D eigenvalue weighted by atomic mass is 35.5. The number of aromatic nitrogens is 4. The molecule has 0 aliphatic heterocycles. The fraction of sp³-hybridized carbons (Fsp3) is 0.333. The molecule has 1 aromatic carbocycles. The number of alkyl halides is 1. The Morgan fingerprint density at radius 1 is 1.24 bits per heavy atom. The van der Waals surface area contributed by atoms with E-state index in [-0.39, 0.29) is 5.38 Å². The minimum Gasteiger partial charge on any atom is -0.280 e. The number of aryl methyl sites for hydroxylation is 2. The lowest BCUT2D eigenvalue weighted by Gasteiger charge is -2.11. The van der Waals surface area contributed by atoms with Crippen molar-refractivity contribution < 1.29 is 0 Å². The van der Waals surface area contributed by atoms with Gasteiger partial charge in [0.25, 0.3) is 0 Å². The number of imidazole rings is 1. The van der Waals surface area contributed by atoms with Gasteiger partial charge in [0.15, 0.2) is 5.65 Å². The molecule has 4 nitrogen and oxygen atoms in total. The highest BCUT2D eigenvalue weighted by Gasteiger charge is 2.21. The van der Waals surface area contributed by atoms with E-state index in [0.717, 1.165) is 34.8 Å². The van der Waals surface area contributed by atoms with Gasteiger partial charge < -0.3 is 0 Å². The van der Waals surface area contributed by atoms with Crippen LogP contribution in [0.1, 0.15) is 30.7 Å². The van der Waals surface area contributed by atoms with Crippen molar-refractivity contribution in [2.45, 2.75) is 25.6 Å². The van der Waals surface area contributed by atoms with Crippen molar-refractivity contribution in [1.29, 1.82) is 0 Å². The Hall–Kier alpha value is -1.52. The molecule has 0 aliphatic rings. The summed E-state index contributed by atoms with van der Waals surface area (Å²) in [5.41, 5.74) is 3.84. The SMILES string of the molecule is CCc1nn(C)c2c1nc(C(C)Cl)n2-c1ccc(Cl)cc1. The maximum Gasteiger partial charge on any atom is 0.163 e. The van der Waals surface area contributed by atoms with Gasteiger partial charge in [-0.1, -0.05) is 18.5 Å². The third-order valence-electron chi connectivity index (χ3n) is 3.51. The van der Waals surface area contributed by atoms with Crippen LogP contribution < -0.4 is 0 Å². The van der Waals surface area contributed by atoms with Gasteiger partial charge >= 0.3 is 0 Å². The van der Waals surface area contributed by atoms with Crippen molar-refractivity contribution in [3.8, 4) is 5.69 Å². The number of hydrogen-bond donors (Lipinski definition) is 0. The van der Waals surface area contributed by atoms with Crippen LogP contribution in [0.2, 0.25) is 5.02 Å². The number of fused-ring (bicyclic) bond motifs is 1. The summed E-state index contributed by atoms with van der Waals surface area (Å²) >= 11 is 12.3. The van der Waals surface area contributed by atoms with Gasteiger partial charge in [-0.25, -0.2) is 9.67 Å². The maximum absolute atomic E-state index is 6.33. The van der Waals surface area contributed by atoms with E-state index >= 15 is 0 Å².